The van der Waals surface area contributed by atoms with Gasteiger partial charge >= 0.3 is 5.97 Å². The highest BCUT2D eigenvalue weighted by Crippen LogP contribution is 2.27. The molecular weight excluding hydrogens is 249 g/mol. The van der Waals surface area contributed by atoms with E-state index in [4.69, 9.17) is 0 Å². The normalized spacial score (nSPS) is 14.5. The fraction of sp³-hybridized carbons (Fsp3) is 0.429. The van der Waals surface area contributed by atoms with Crippen LogP contribution in [0.4, 0.5) is 10.1 Å². The molecule has 19 heavy (non-hydrogen) atoms. The molecule has 1 heterocycles. The zero-order valence-electron chi connectivity index (χ0n) is 10.8. The summed E-state index contributed by atoms with van der Waals surface area (Å²) in [5, 5.41) is 0. The summed E-state index contributed by atoms with van der Waals surface area (Å²) in [6, 6.07) is 4.40. The SMILES string of the molecule is CCOC(=O)C(=O)c1c(F)cccc1N1CCCC1. The summed E-state index contributed by atoms with van der Waals surface area (Å²) in [5.41, 5.74) is 0.304. The minimum atomic E-state index is -1.01. The molecule has 0 atom stereocenters. The third kappa shape index (κ3) is 2.75. The summed E-state index contributed by atoms with van der Waals surface area (Å²) in [4.78, 5) is 25.4. The zero-order valence-corrected chi connectivity index (χ0v) is 10.8. The maximum absolute atomic E-state index is 13.9. The van der Waals surface area contributed by atoms with E-state index < -0.39 is 17.6 Å². The van der Waals surface area contributed by atoms with Crippen LogP contribution in [0, 0.1) is 5.82 Å². The summed E-state index contributed by atoms with van der Waals surface area (Å²) < 4.78 is 18.6. The lowest BCUT2D eigenvalue weighted by atomic mass is 10.1. The Morgan fingerprint density at radius 2 is 2.00 bits per heavy atom. The number of hydrogen-bond donors (Lipinski definition) is 0. The van der Waals surface area contributed by atoms with E-state index in [0.717, 1.165) is 25.9 Å². The molecule has 0 saturated carbocycles. The zero-order chi connectivity index (χ0) is 13.8. The maximum Gasteiger partial charge on any atom is 0.379 e. The van der Waals surface area contributed by atoms with Crippen molar-refractivity contribution in [3.8, 4) is 0 Å². The van der Waals surface area contributed by atoms with E-state index >= 15 is 0 Å². The van der Waals surface area contributed by atoms with Gasteiger partial charge in [-0.2, -0.15) is 0 Å². The number of esters is 1. The number of hydrogen-bond acceptors (Lipinski definition) is 4. The highest BCUT2D eigenvalue weighted by Gasteiger charge is 2.27. The summed E-state index contributed by atoms with van der Waals surface area (Å²) in [7, 11) is 0. The lowest BCUT2D eigenvalue weighted by Gasteiger charge is -2.20. The van der Waals surface area contributed by atoms with Crippen molar-refractivity contribution in [2.24, 2.45) is 0 Å². The Morgan fingerprint density at radius 3 is 2.63 bits per heavy atom. The number of ketones is 1. The summed E-state index contributed by atoms with van der Waals surface area (Å²) >= 11 is 0. The number of carbonyl (C=O) groups is 2. The van der Waals surface area contributed by atoms with E-state index in [2.05, 4.69) is 4.74 Å². The molecular formula is C14H16FNO3. The van der Waals surface area contributed by atoms with E-state index in [-0.39, 0.29) is 12.2 Å². The standard InChI is InChI=1S/C14H16FNO3/c1-2-19-14(18)13(17)12-10(15)6-5-7-11(12)16-8-3-4-9-16/h5-7H,2-4,8-9H2,1H3. The number of anilines is 1. The predicted octanol–water partition coefficient (Wildman–Crippen LogP) is 2.17. The fourth-order valence-corrected chi connectivity index (χ4v) is 2.26. The van der Waals surface area contributed by atoms with Crippen molar-refractivity contribution in [1.82, 2.24) is 0 Å². The molecule has 0 bridgehead atoms. The van der Waals surface area contributed by atoms with Gasteiger partial charge in [0.2, 0.25) is 0 Å². The minimum Gasteiger partial charge on any atom is -0.460 e. The van der Waals surface area contributed by atoms with Crippen molar-refractivity contribution in [2.75, 3.05) is 24.6 Å². The van der Waals surface area contributed by atoms with Gasteiger partial charge in [0.1, 0.15) is 5.82 Å². The van der Waals surface area contributed by atoms with Crippen molar-refractivity contribution in [1.29, 1.82) is 0 Å². The number of ether oxygens (including phenoxy) is 1. The molecule has 2 rings (SSSR count). The molecule has 0 radical (unpaired) electrons. The van der Waals surface area contributed by atoms with Crippen LogP contribution in [0.15, 0.2) is 18.2 Å². The number of nitrogens with zero attached hydrogens (tertiary/aromatic N) is 1. The average Bonchev–Trinajstić information content (AvgIpc) is 2.91. The second-order valence-corrected chi connectivity index (χ2v) is 4.38. The lowest BCUT2D eigenvalue weighted by Crippen LogP contribution is -2.25. The van der Waals surface area contributed by atoms with Crippen LogP contribution in [0.5, 0.6) is 0 Å². The summed E-state index contributed by atoms with van der Waals surface area (Å²) in [6.45, 7) is 3.24. The Labute approximate surface area is 111 Å². The fourth-order valence-electron chi connectivity index (χ4n) is 2.26. The highest BCUT2D eigenvalue weighted by molar-refractivity contribution is 6.42. The first-order chi connectivity index (χ1) is 9.15. The molecule has 0 aromatic heterocycles. The quantitative estimate of drug-likeness (QED) is 0.475. The van der Waals surface area contributed by atoms with E-state index in [0.29, 0.717) is 5.69 Å². The third-order valence-corrected chi connectivity index (χ3v) is 3.13. The van der Waals surface area contributed by atoms with Crippen LogP contribution < -0.4 is 4.90 Å². The van der Waals surface area contributed by atoms with Gasteiger partial charge in [-0.3, -0.25) is 4.79 Å². The number of Topliss-reactive ketones (excluding diaryl/α,β-unsaturated/α-hetero) is 1. The lowest BCUT2D eigenvalue weighted by molar-refractivity contribution is -0.137. The van der Waals surface area contributed by atoms with Crippen molar-refractivity contribution >= 4 is 17.4 Å². The van der Waals surface area contributed by atoms with E-state index in [1.165, 1.54) is 6.07 Å². The largest absolute Gasteiger partial charge is 0.460 e. The minimum absolute atomic E-state index is 0.0953. The molecule has 0 aliphatic carbocycles. The Bertz CT molecular complexity index is 495. The Morgan fingerprint density at radius 1 is 1.32 bits per heavy atom. The van der Waals surface area contributed by atoms with Crippen molar-refractivity contribution in [2.45, 2.75) is 19.8 Å². The van der Waals surface area contributed by atoms with Gasteiger partial charge in [-0.1, -0.05) is 6.07 Å². The first-order valence-electron chi connectivity index (χ1n) is 6.40. The average molecular weight is 265 g/mol. The number of rotatable bonds is 4. The molecule has 4 nitrogen and oxygen atoms in total. The Hall–Kier alpha value is -1.91. The van der Waals surface area contributed by atoms with Gasteiger partial charge in [0, 0.05) is 13.1 Å². The van der Waals surface area contributed by atoms with Crippen molar-refractivity contribution in [3.05, 3.63) is 29.6 Å². The van der Waals surface area contributed by atoms with Crippen LogP contribution >= 0.6 is 0 Å². The van der Waals surface area contributed by atoms with Gasteiger partial charge in [-0.05, 0) is 31.9 Å². The smallest absolute Gasteiger partial charge is 0.379 e. The van der Waals surface area contributed by atoms with E-state index in [1.54, 1.807) is 19.1 Å². The topological polar surface area (TPSA) is 46.6 Å². The van der Waals surface area contributed by atoms with Crippen molar-refractivity contribution < 1.29 is 18.7 Å². The first kappa shape index (κ1) is 13.5. The molecule has 5 heteroatoms. The number of benzene rings is 1. The van der Waals surface area contributed by atoms with Gasteiger partial charge < -0.3 is 9.64 Å². The van der Waals surface area contributed by atoms with Crippen LogP contribution in [0.3, 0.4) is 0 Å². The molecule has 0 amide bonds. The summed E-state index contributed by atoms with van der Waals surface area (Å²) in [5.74, 6) is -2.60. The Kier molecular flexibility index (Phi) is 4.14. The molecule has 1 fully saturated rings. The van der Waals surface area contributed by atoms with Crippen LogP contribution in [0.2, 0.25) is 0 Å². The number of carbonyl (C=O) groups excluding carboxylic acids is 2. The molecule has 1 aromatic carbocycles. The van der Waals surface area contributed by atoms with Crippen molar-refractivity contribution in [3.63, 3.8) is 0 Å². The van der Waals surface area contributed by atoms with Crippen LogP contribution in [-0.4, -0.2) is 31.4 Å². The van der Waals surface area contributed by atoms with Gasteiger partial charge in [-0.15, -0.1) is 0 Å². The van der Waals surface area contributed by atoms with Crippen LogP contribution in [0.25, 0.3) is 0 Å². The van der Waals surface area contributed by atoms with Gasteiger partial charge in [0.05, 0.1) is 17.9 Å². The van der Waals surface area contributed by atoms with Gasteiger partial charge in [0.25, 0.3) is 5.78 Å². The Balaban J connectivity index is 2.37. The van der Waals surface area contributed by atoms with E-state index in [9.17, 15) is 14.0 Å². The highest BCUT2D eigenvalue weighted by atomic mass is 19.1. The molecule has 1 aliphatic rings. The third-order valence-electron chi connectivity index (χ3n) is 3.13. The van der Waals surface area contributed by atoms with E-state index in [1.807, 2.05) is 4.90 Å². The molecule has 1 aromatic rings. The molecule has 102 valence electrons. The second kappa shape index (κ2) is 5.82. The number of halogens is 1. The summed E-state index contributed by atoms with van der Waals surface area (Å²) in [6.07, 6.45) is 2.01. The second-order valence-electron chi connectivity index (χ2n) is 4.38. The van der Waals surface area contributed by atoms with Crippen LogP contribution in [-0.2, 0) is 9.53 Å². The molecule has 0 spiro atoms. The molecule has 0 unspecified atom stereocenters. The first-order valence-corrected chi connectivity index (χ1v) is 6.40. The predicted molar refractivity (Wildman–Crippen MR) is 68.8 cm³/mol. The monoisotopic (exact) mass is 265 g/mol. The molecule has 0 N–H and O–H groups in total. The van der Waals surface area contributed by atoms with Gasteiger partial charge in [-0.25, -0.2) is 9.18 Å². The van der Waals surface area contributed by atoms with Gasteiger partial charge in [0.15, 0.2) is 0 Å². The maximum atomic E-state index is 13.9. The molecule has 1 aliphatic heterocycles. The molecule has 1 saturated heterocycles. The van der Waals surface area contributed by atoms with Crippen LogP contribution in [0.1, 0.15) is 30.1 Å².